The molecule has 0 bridgehead atoms. The van der Waals surface area contributed by atoms with Gasteiger partial charge >= 0.3 is 29.6 Å². The molecule has 16 heavy (non-hydrogen) atoms. The summed E-state index contributed by atoms with van der Waals surface area (Å²) in [5.74, 6) is 0. The van der Waals surface area contributed by atoms with Crippen molar-refractivity contribution in [3.63, 3.8) is 0 Å². The molecule has 0 amide bonds. The van der Waals surface area contributed by atoms with E-state index in [0.717, 1.165) is 6.92 Å². The van der Waals surface area contributed by atoms with E-state index in [4.69, 9.17) is 25.6 Å². The van der Waals surface area contributed by atoms with Crippen molar-refractivity contribution >= 4 is 39.7 Å². The first-order valence-corrected chi connectivity index (χ1v) is 5.71. The van der Waals surface area contributed by atoms with E-state index in [0.29, 0.717) is 0 Å². The predicted molar refractivity (Wildman–Crippen MR) is 59.6 cm³/mol. The van der Waals surface area contributed by atoms with Crippen LogP contribution >= 0.6 is 0 Å². The molecule has 1 atom stereocenters. The summed E-state index contributed by atoms with van der Waals surface area (Å²) >= 11 is 0. The van der Waals surface area contributed by atoms with Gasteiger partial charge in [-0.05, 0) is 13.3 Å². The van der Waals surface area contributed by atoms with Crippen molar-refractivity contribution in [1.82, 2.24) is 0 Å². The first-order chi connectivity index (χ1) is 6.68. The molecule has 7 nitrogen and oxygen atoms in total. The first-order valence-electron chi connectivity index (χ1n) is 4.27. The minimum absolute atomic E-state index is 0. The van der Waals surface area contributed by atoms with Crippen molar-refractivity contribution in [2.75, 3.05) is 19.8 Å². The zero-order valence-electron chi connectivity index (χ0n) is 8.42. The Hall–Kier alpha value is 0.750. The van der Waals surface area contributed by atoms with Gasteiger partial charge in [-0.1, -0.05) is 0 Å². The fourth-order valence-corrected chi connectivity index (χ4v) is 2.04. The van der Waals surface area contributed by atoms with E-state index < -0.39 is 40.2 Å². The quantitative estimate of drug-likeness (QED) is 0.259. The summed E-state index contributed by atoms with van der Waals surface area (Å²) in [4.78, 5) is -2.23. The van der Waals surface area contributed by atoms with Crippen LogP contribution in [0.2, 0.25) is 0 Å². The molecule has 94 valence electrons. The molecule has 0 aliphatic rings. The molecule has 9 heteroatoms. The zero-order valence-corrected chi connectivity index (χ0v) is 9.24. The van der Waals surface area contributed by atoms with Gasteiger partial charge < -0.3 is 21.1 Å². The van der Waals surface area contributed by atoms with Crippen LogP contribution in [0.15, 0.2) is 0 Å². The Morgan fingerprint density at radius 2 is 1.56 bits per heavy atom. The summed E-state index contributed by atoms with van der Waals surface area (Å²) in [5, 5.41) is 26.9. The first kappa shape index (κ1) is 19.1. The Morgan fingerprint density at radius 1 is 1.19 bits per heavy atom. The molecule has 0 saturated carbocycles. The van der Waals surface area contributed by atoms with Gasteiger partial charge in [-0.2, -0.15) is 8.42 Å². The van der Waals surface area contributed by atoms with E-state index in [9.17, 15) is 8.42 Å². The van der Waals surface area contributed by atoms with Crippen molar-refractivity contribution < 1.29 is 28.3 Å². The Morgan fingerprint density at radius 3 is 1.75 bits per heavy atom. The van der Waals surface area contributed by atoms with Crippen molar-refractivity contribution in [1.29, 1.82) is 0 Å². The van der Waals surface area contributed by atoms with Crippen molar-refractivity contribution in [2.24, 2.45) is 11.1 Å². The minimum atomic E-state index is -4.66. The molecule has 0 aromatic rings. The van der Waals surface area contributed by atoms with Crippen molar-refractivity contribution in [2.45, 2.75) is 18.2 Å². The fraction of sp³-hybridized carbons (Fsp3) is 1.00. The number of hydrogen-bond acceptors (Lipinski definition) is 6. The molecular formula is C7H18NNaO6S. The van der Waals surface area contributed by atoms with E-state index >= 15 is 0 Å². The molecule has 0 aliphatic carbocycles. The molecule has 0 fully saturated rings. The molecule has 0 radical (unpaired) electrons. The van der Waals surface area contributed by atoms with Crippen LogP contribution in [0.3, 0.4) is 0 Å². The van der Waals surface area contributed by atoms with Crippen LogP contribution in [0.1, 0.15) is 13.3 Å². The van der Waals surface area contributed by atoms with Gasteiger partial charge in [0.05, 0.1) is 18.6 Å². The van der Waals surface area contributed by atoms with Crippen LogP contribution in [0, 0.1) is 5.41 Å². The van der Waals surface area contributed by atoms with Crippen LogP contribution in [0.5, 0.6) is 0 Å². The summed E-state index contributed by atoms with van der Waals surface area (Å²) in [6.07, 6.45) is -0.243. The van der Waals surface area contributed by atoms with Crippen LogP contribution in [-0.2, 0) is 10.1 Å². The molecular weight excluding hydrogens is 249 g/mol. The average Bonchev–Trinajstić information content (AvgIpc) is 2.12. The van der Waals surface area contributed by atoms with Gasteiger partial charge in [-0.3, -0.25) is 4.55 Å². The normalized spacial score (nSPS) is 16.4. The molecule has 6 N–H and O–H groups in total. The second-order valence-corrected chi connectivity index (χ2v) is 5.45. The second kappa shape index (κ2) is 6.62. The molecule has 0 aliphatic heterocycles. The summed E-state index contributed by atoms with van der Waals surface area (Å²) in [7, 11) is -4.66. The monoisotopic (exact) mass is 267 g/mol. The van der Waals surface area contributed by atoms with Gasteiger partial charge in [-0.25, -0.2) is 0 Å². The van der Waals surface area contributed by atoms with Gasteiger partial charge in [0, 0.05) is 6.61 Å². The third kappa shape index (κ3) is 3.37. The second-order valence-electron chi connectivity index (χ2n) is 3.65. The number of aliphatic hydroxyl groups is 3. The number of rotatable bonds is 6. The van der Waals surface area contributed by atoms with Gasteiger partial charge in [-0.15, -0.1) is 0 Å². The molecule has 0 aromatic carbocycles. The summed E-state index contributed by atoms with van der Waals surface area (Å²) in [6, 6.07) is 0. The molecule has 1 unspecified atom stereocenters. The third-order valence-electron chi connectivity index (χ3n) is 2.78. The zero-order chi connectivity index (χ0) is 12.3. The Balaban J connectivity index is 0. The van der Waals surface area contributed by atoms with Crippen molar-refractivity contribution in [3.8, 4) is 0 Å². The maximum atomic E-state index is 11.0. The molecule has 0 rings (SSSR count). The van der Waals surface area contributed by atoms with Crippen LogP contribution < -0.4 is 5.73 Å². The molecule has 0 spiro atoms. The van der Waals surface area contributed by atoms with E-state index in [1.54, 1.807) is 0 Å². The SMILES string of the molecule is CC(N)(C(CO)(CO)CCO)S(=O)(=O)O.[NaH]. The standard InChI is InChI=1S/C7H17NO6S.Na.H/c1-6(8,15(12,13)14)7(4-10,5-11)2-3-9;;/h9-11H,2-5,8H2,1H3,(H,12,13,14);;. The van der Waals surface area contributed by atoms with Gasteiger partial charge in [0.15, 0.2) is 4.87 Å². The molecule has 0 heterocycles. The average molecular weight is 267 g/mol. The maximum absolute atomic E-state index is 11.0. The third-order valence-corrected chi connectivity index (χ3v) is 4.29. The topological polar surface area (TPSA) is 141 Å². The molecule has 0 aromatic heterocycles. The van der Waals surface area contributed by atoms with E-state index in [1.165, 1.54) is 0 Å². The van der Waals surface area contributed by atoms with Crippen molar-refractivity contribution in [3.05, 3.63) is 0 Å². The molecule has 0 saturated heterocycles. The van der Waals surface area contributed by atoms with E-state index in [-0.39, 0.29) is 36.0 Å². The summed E-state index contributed by atoms with van der Waals surface area (Å²) in [6.45, 7) is -1.03. The van der Waals surface area contributed by atoms with Gasteiger partial charge in [0.1, 0.15) is 0 Å². The van der Waals surface area contributed by atoms with Gasteiger partial charge in [0.25, 0.3) is 10.1 Å². The van der Waals surface area contributed by atoms with Gasteiger partial charge in [0.2, 0.25) is 0 Å². The van der Waals surface area contributed by atoms with Crippen LogP contribution in [0.25, 0.3) is 0 Å². The number of nitrogens with two attached hydrogens (primary N) is 1. The number of hydrogen-bond donors (Lipinski definition) is 5. The number of aliphatic hydroxyl groups excluding tert-OH is 3. The Bertz CT molecular complexity index is 300. The summed E-state index contributed by atoms with van der Waals surface area (Å²) < 4.78 is 31.0. The van der Waals surface area contributed by atoms with Crippen LogP contribution in [-0.4, -0.2) is 82.5 Å². The van der Waals surface area contributed by atoms with Crippen LogP contribution in [0.4, 0.5) is 0 Å². The van der Waals surface area contributed by atoms with E-state index in [1.807, 2.05) is 0 Å². The fourth-order valence-electron chi connectivity index (χ4n) is 1.26. The predicted octanol–water partition coefficient (Wildman–Crippen LogP) is -2.75. The summed E-state index contributed by atoms with van der Waals surface area (Å²) in [5.41, 5.74) is 3.73. The Kier molecular flexibility index (Phi) is 7.90. The van der Waals surface area contributed by atoms with E-state index in [2.05, 4.69) is 0 Å². The Labute approximate surface area is 117 Å².